The number of hydrogen-bond acceptors (Lipinski definition) is 4. The van der Waals surface area contributed by atoms with Crippen LogP contribution in [-0.4, -0.2) is 30.2 Å². The number of nitrogens with two attached hydrogens (primary N) is 1. The Bertz CT molecular complexity index is 1650. The van der Waals surface area contributed by atoms with Gasteiger partial charge in [-0.05, 0) is 51.4 Å². The fourth-order valence-electron chi connectivity index (χ4n) is 5.31. The molecule has 1 amide bonds. The van der Waals surface area contributed by atoms with Gasteiger partial charge >= 0.3 is 17.8 Å². The average molecular weight is 597 g/mol. The molecule has 0 unspecified atom stereocenters. The number of benzene rings is 2. The van der Waals surface area contributed by atoms with E-state index in [-0.39, 0.29) is 44.0 Å². The van der Waals surface area contributed by atoms with Crippen LogP contribution in [0.25, 0.3) is 31.3 Å². The molecular formula is C29H26F6N2OS2. The van der Waals surface area contributed by atoms with Gasteiger partial charge in [-0.1, -0.05) is 30.7 Å². The molecule has 212 valence electrons. The summed E-state index contributed by atoms with van der Waals surface area (Å²) < 4.78 is 93.3. The van der Waals surface area contributed by atoms with Crippen LogP contribution in [0.4, 0.5) is 32.0 Å². The van der Waals surface area contributed by atoms with Gasteiger partial charge in [0.25, 0.3) is 0 Å². The third kappa shape index (κ3) is 4.33. The minimum absolute atomic E-state index is 0.140. The highest BCUT2D eigenvalue weighted by Gasteiger charge is 2.80. The van der Waals surface area contributed by atoms with Crippen molar-refractivity contribution in [3.63, 3.8) is 0 Å². The van der Waals surface area contributed by atoms with Gasteiger partial charge in [-0.25, -0.2) is 0 Å². The van der Waals surface area contributed by atoms with Crippen molar-refractivity contribution in [1.82, 2.24) is 0 Å². The number of fused-ring (bicyclic) bond motifs is 2. The Kier molecular flexibility index (Phi) is 7.29. The summed E-state index contributed by atoms with van der Waals surface area (Å²) in [4.78, 5) is 12.8. The maximum atomic E-state index is 15.6. The average Bonchev–Trinajstić information content (AvgIpc) is 3.41. The highest BCUT2D eigenvalue weighted by Crippen LogP contribution is 2.67. The van der Waals surface area contributed by atoms with Gasteiger partial charge in [-0.3, -0.25) is 4.79 Å². The van der Waals surface area contributed by atoms with Crippen molar-refractivity contribution in [2.24, 2.45) is 5.73 Å². The number of carbonyl (C=O) groups excluding carboxylic acids is 1. The fourth-order valence-corrected chi connectivity index (χ4v) is 7.49. The first-order valence-corrected chi connectivity index (χ1v) is 14.4. The van der Waals surface area contributed by atoms with E-state index in [0.717, 1.165) is 35.5 Å². The molecule has 4 aromatic rings. The van der Waals surface area contributed by atoms with Crippen molar-refractivity contribution in [2.45, 2.75) is 57.3 Å². The topological polar surface area (TPSA) is 55.1 Å². The number of allylic oxidation sites excluding steroid dienone is 2. The molecule has 0 saturated carbocycles. The van der Waals surface area contributed by atoms with Gasteiger partial charge in [0.15, 0.2) is 0 Å². The van der Waals surface area contributed by atoms with Crippen LogP contribution in [0.3, 0.4) is 0 Å². The van der Waals surface area contributed by atoms with Crippen molar-refractivity contribution in [2.75, 3.05) is 11.9 Å². The minimum atomic E-state index is -5.64. The zero-order valence-corrected chi connectivity index (χ0v) is 23.3. The Labute approximate surface area is 234 Å². The summed E-state index contributed by atoms with van der Waals surface area (Å²) in [5, 5.41) is 3.11. The number of carbonyl (C=O) groups is 1. The van der Waals surface area contributed by atoms with Crippen LogP contribution in [0.1, 0.15) is 46.6 Å². The maximum Gasteiger partial charge on any atom is 0.380 e. The Balaban J connectivity index is 1.67. The largest absolute Gasteiger partial charge is 0.380 e. The van der Waals surface area contributed by atoms with Crippen molar-refractivity contribution in [1.29, 1.82) is 0 Å². The molecule has 5 rings (SSSR count). The van der Waals surface area contributed by atoms with E-state index in [1.807, 2.05) is 0 Å². The molecule has 0 fully saturated rings. The second kappa shape index (κ2) is 10.2. The molecule has 1 aliphatic rings. The first-order valence-electron chi connectivity index (χ1n) is 12.7. The summed E-state index contributed by atoms with van der Waals surface area (Å²) in [6.45, 7) is 3.46. The molecule has 0 spiro atoms. The minimum Gasteiger partial charge on any atom is -0.330 e. The third-order valence-corrected chi connectivity index (χ3v) is 9.35. The first kappa shape index (κ1) is 28.6. The van der Waals surface area contributed by atoms with Crippen molar-refractivity contribution in [3.05, 3.63) is 63.3 Å². The lowest BCUT2D eigenvalue weighted by Crippen LogP contribution is -2.48. The number of anilines is 1. The zero-order valence-electron chi connectivity index (χ0n) is 21.6. The molecule has 3 nitrogen and oxygen atoms in total. The van der Waals surface area contributed by atoms with E-state index in [1.165, 1.54) is 32.0 Å². The molecule has 2 heterocycles. The van der Waals surface area contributed by atoms with E-state index >= 15 is 26.3 Å². The number of thiophene rings is 2. The van der Waals surface area contributed by atoms with Gasteiger partial charge in [0.2, 0.25) is 5.91 Å². The van der Waals surface area contributed by atoms with Crippen molar-refractivity contribution >= 4 is 65.6 Å². The summed E-state index contributed by atoms with van der Waals surface area (Å²) in [6, 6.07) is 10.8. The molecule has 40 heavy (non-hydrogen) atoms. The van der Waals surface area contributed by atoms with Gasteiger partial charge in [0.1, 0.15) is 0 Å². The normalized spacial score (nSPS) is 17.7. The molecule has 3 N–H and O–H groups in total. The van der Waals surface area contributed by atoms with Gasteiger partial charge in [-0.2, -0.15) is 26.3 Å². The molecule has 0 radical (unpaired) electrons. The second-order valence-corrected chi connectivity index (χ2v) is 12.4. The van der Waals surface area contributed by atoms with Crippen LogP contribution < -0.4 is 11.1 Å². The van der Waals surface area contributed by atoms with Crippen LogP contribution >= 0.6 is 22.7 Å². The number of hydrogen-bond donors (Lipinski definition) is 2. The third-order valence-electron chi connectivity index (χ3n) is 7.20. The van der Waals surface area contributed by atoms with Gasteiger partial charge < -0.3 is 11.1 Å². The van der Waals surface area contributed by atoms with E-state index in [0.29, 0.717) is 28.1 Å². The van der Waals surface area contributed by atoms with E-state index in [9.17, 15) is 4.79 Å². The summed E-state index contributed by atoms with van der Waals surface area (Å²) in [6.07, 6.45) is 2.53. The number of aryl methyl sites for hydroxylation is 2. The molecule has 0 saturated heterocycles. The number of halogens is 6. The Morgan fingerprint density at radius 2 is 1.38 bits per heavy atom. The maximum absolute atomic E-state index is 15.6. The first-order chi connectivity index (χ1) is 18.8. The Morgan fingerprint density at radius 3 is 2.00 bits per heavy atom. The Morgan fingerprint density at radius 1 is 0.800 bits per heavy atom. The van der Waals surface area contributed by atoms with E-state index in [1.54, 1.807) is 24.3 Å². The van der Waals surface area contributed by atoms with Crippen LogP contribution in [-0.2, 0) is 4.79 Å². The molecule has 0 atom stereocenters. The smallest absolute Gasteiger partial charge is 0.330 e. The van der Waals surface area contributed by atoms with Crippen LogP contribution in [0.15, 0.2) is 42.5 Å². The summed E-state index contributed by atoms with van der Waals surface area (Å²) in [5.41, 5.74) is 2.56. The van der Waals surface area contributed by atoms with E-state index in [2.05, 4.69) is 5.32 Å². The van der Waals surface area contributed by atoms with Gasteiger partial charge in [-0.15, -0.1) is 22.7 Å². The summed E-state index contributed by atoms with van der Waals surface area (Å²) >= 11 is 2.11. The predicted octanol–water partition coefficient (Wildman–Crippen LogP) is 9.02. The molecule has 11 heteroatoms. The van der Waals surface area contributed by atoms with Crippen LogP contribution in [0.2, 0.25) is 0 Å². The van der Waals surface area contributed by atoms with Crippen LogP contribution in [0.5, 0.6) is 0 Å². The summed E-state index contributed by atoms with van der Waals surface area (Å²) in [5.74, 6) is -16.1. The van der Waals surface area contributed by atoms with Gasteiger partial charge in [0, 0.05) is 64.3 Å². The number of unbranched alkanes of at least 4 members (excludes halogenated alkanes) is 2. The lowest BCUT2D eigenvalue weighted by molar-refractivity contribution is -0.254. The number of alkyl halides is 6. The quantitative estimate of drug-likeness (QED) is 0.158. The molecule has 0 bridgehead atoms. The van der Waals surface area contributed by atoms with Crippen molar-refractivity contribution in [3.8, 4) is 0 Å². The Hall–Kier alpha value is -2.89. The molecular weight excluding hydrogens is 570 g/mol. The lowest BCUT2D eigenvalue weighted by Gasteiger charge is -2.26. The molecule has 0 aliphatic heterocycles. The second-order valence-electron chi connectivity index (χ2n) is 9.89. The standard InChI is InChI=1S/C29H26F6N2OS2/c1-15-23(18-8-5-6-9-20(18)39-15)25-26(28(32,33)29(34,35)27(25,30)31)24-16(2)40-21-14-17(11-12-19(21)24)37-22(38)10-4-3-7-13-36/h5-6,8-9,11-12,14H,3-4,7,10,13,36H2,1-2H3,(H,37,38). The monoisotopic (exact) mass is 596 g/mol. The number of amides is 1. The molecule has 2 aromatic heterocycles. The van der Waals surface area contributed by atoms with E-state index < -0.39 is 28.9 Å². The van der Waals surface area contributed by atoms with Crippen molar-refractivity contribution < 1.29 is 31.1 Å². The van der Waals surface area contributed by atoms with E-state index in [4.69, 9.17) is 5.73 Å². The lowest BCUT2D eigenvalue weighted by atomic mass is 9.91. The highest BCUT2D eigenvalue weighted by atomic mass is 32.1. The summed E-state index contributed by atoms with van der Waals surface area (Å²) in [7, 11) is 0. The van der Waals surface area contributed by atoms with Gasteiger partial charge in [0.05, 0.1) is 0 Å². The zero-order chi connectivity index (χ0) is 29.0. The fraction of sp³-hybridized carbons (Fsp3) is 0.345. The number of nitrogens with one attached hydrogen (secondary N) is 1. The van der Waals surface area contributed by atoms with Crippen LogP contribution in [0, 0.1) is 13.8 Å². The molecule has 1 aliphatic carbocycles. The number of rotatable bonds is 8. The molecule has 2 aromatic carbocycles. The SMILES string of the molecule is Cc1sc2ccccc2c1C1=C(c2c(C)sc3cc(NC(=O)CCCCCN)ccc23)C(F)(F)C(F)(F)C1(F)F. The highest BCUT2D eigenvalue weighted by molar-refractivity contribution is 7.19. The predicted molar refractivity (Wildman–Crippen MR) is 151 cm³/mol.